The van der Waals surface area contributed by atoms with Crippen molar-refractivity contribution in [1.29, 1.82) is 0 Å². The second-order valence-electron chi connectivity index (χ2n) is 5.48. The smallest absolute Gasteiger partial charge is 0.272 e. The molecular weight excluding hydrogens is 256 g/mol. The first-order chi connectivity index (χ1) is 9.49. The van der Waals surface area contributed by atoms with Crippen LogP contribution in [0.1, 0.15) is 30.9 Å². The number of hydrogen-bond donors (Lipinski definition) is 0. The number of rotatable bonds is 4. The molecule has 0 radical (unpaired) electrons. The average molecular weight is 276 g/mol. The van der Waals surface area contributed by atoms with Gasteiger partial charge in [0.2, 0.25) is 0 Å². The summed E-state index contributed by atoms with van der Waals surface area (Å²) in [5.74, 6) is 0.466. The van der Waals surface area contributed by atoms with E-state index in [1.807, 2.05) is 6.07 Å². The molecule has 0 bridgehead atoms. The molecule has 1 aliphatic rings. The van der Waals surface area contributed by atoms with Gasteiger partial charge >= 0.3 is 0 Å². The number of piperidine rings is 1. The molecule has 108 valence electrons. The Morgan fingerprint density at radius 1 is 1.40 bits per heavy atom. The third-order valence-electron chi connectivity index (χ3n) is 4.17. The molecule has 20 heavy (non-hydrogen) atoms. The van der Waals surface area contributed by atoms with Crippen molar-refractivity contribution in [3.05, 3.63) is 39.4 Å². The summed E-state index contributed by atoms with van der Waals surface area (Å²) in [4.78, 5) is 24.2. The molecule has 0 aromatic heterocycles. The van der Waals surface area contributed by atoms with Crippen molar-refractivity contribution in [2.24, 2.45) is 5.92 Å². The first kappa shape index (κ1) is 14.7. The van der Waals surface area contributed by atoms with Crippen LogP contribution in [-0.4, -0.2) is 28.7 Å². The number of Topliss-reactive ketones (excluding diaryl/α,β-unsaturated/α-hetero) is 1. The zero-order valence-electron chi connectivity index (χ0n) is 12.0. The van der Waals surface area contributed by atoms with Crippen LogP contribution >= 0.6 is 0 Å². The summed E-state index contributed by atoms with van der Waals surface area (Å²) in [5, 5.41) is 10.9. The maximum Gasteiger partial charge on any atom is 0.272 e. The van der Waals surface area contributed by atoms with Crippen molar-refractivity contribution < 1.29 is 9.72 Å². The van der Waals surface area contributed by atoms with Crippen LogP contribution in [0.5, 0.6) is 0 Å². The molecule has 0 unspecified atom stereocenters. The van der Waals surface area contributed by atoms with E-state index >= 15 is 0 Å². The first-order valence-electron chi connectivity index (χ1n) is 6.94. The van der Waals surface area contributed by atoms with Gasteiger partial charge in [0.05, 0.1) is 4.92 Å². The predicted molar refractivity (Wildman–Crippen MR) is 76.5 cm³/mol. The van der Waals surface area contributed by atoms with E-state index in [9.17, 15) is 14.9 Å². The zero-order chi connectivity index (χ0) is 14.7. The van der Waals surface area contributed by atoms with Gasteiger partial charge in [-0.1, -0.05) is 12.1 Å². The lowest BCUT2D eigenvalue weighted by Crippen LogP contribution is -2.35. The first-order valence-corrected chi connectivity index (χ1v) is 6.94. The van der Waals surface area contributed by atoms with Gasteiger partial charge in [-0.2, -0.15) is 0 Å². The fourth-order valence-electron chi connectivity index (χ4n) is 2.78. The molecule has 0 spiro atoms. The van der Waals surface area contributed by atoms with E-state index in [0.29, 0.717) is 0 Å². The number of benzene rings is 1. The van der Waals surface area contributed by atoms with Crippen molar-refractivity contribution in [2.75, 3.05) is 13.1 Å². The van der Waals surface area contributed by atoms with Crippen molar-refractivity contribution in [3.8, 4) is 0 Å². The SMILES string of the molecule is CC(=O)C1CCN(Cc2cccc([N+](=O)[O-])c2C)CC1. The molecule has 1 aromatic rings. The second kappa shape index (κ2) is 6.13. The van der Waals surface area contributed by atoms with E-state index in [4.69, 9.17) is 0 Å². The van der Waals surface area contributed by atoms with E-state index in [2.05, 4.69) is 4.90 Å². The van der Waals surface area contributed by atoms with Gasteiger partial charge in [-0.15, -0.1) is 0 Å². The van der Waals surface area contributed by atoms with Gasteiger partial charge in [0, 0.05) is 24.1 Å². The molecule has 5 heteroatoms. The fourth-order valence-corrected chi connectivity index (χ4v) is 2.78. The summed E-state index contributed by atoms with van der Waals surface area (Å²) < 4.78 is 0. The van der Waals surface area contributed by atoms with Crippen LogP contribution in [0.3, 0.4) is 0 Å². The Balaban J connectivity index is 2.03. The Morgan fingerprint density at radius 3 is 2.60 bits per heavy atom. The minimum absolute atomic E-state index is 0.182. The summed E-state index contributed by atoms with van der Waals surface area (Å²) in [6.45, 7) is 5.94. The Labute approximate surface area is 118 Å². The van der Waals surface area contributed by atoms with Crippen LogP contribution in [-0.2, 0) is 11.3 Å². The van der Waals surface area contributed by atoms with Gasteiger partial charge in [0.15, 0.2) is 0 Å². The average Bonchev–Trinajstić information content (AvgIpc) is 2.41. The van der Waals surface area contributed by atoms with Gasteiger partial charge in [0.1, 0.15) is 5.78 Å². The van der Waals surface area contributed by atoms with Gasteiger partial charge in [0.25, 0.3) is 5.69 Å². The number of hydrogen-bond acceptors (Lipinski definition) is 4. The van der Waals surface area contributed by atoms with Gasteiger partial charge in [-0.05, 0) is 45.3 Å². The van der Waals surface area contributed by atoms with E-state index < -0.39 is 0 Å². The van der Waals surface area contributed by atoms with E-state index in [1.165, 1.54) is 0 Å². The molecule has 0 N–H and O–H groups in total. The minimum atomic E-state index is -0.333. The molecule has 0 atom stereocenters. The number of ketones is 1. The van der Waals surface area contributed by atoms with E-state index in [-0.39, 0.29) is 22.3 Å². The van der Waals surface area contributed by atoms with Crippen LogP contribution in [0.4, 0.5) is 5.69 Å². The summed E-state index contributed by atoms with van der Waals surface area (Å²) in [5.41, 5.74) is 1.92. The van der Waals surface area contributed by atoms with Crippen molar-refractivity contribution in [2.45, 2.75) is 33.2 Å². The molecule has 1 fully saturated rings. The lowest BCUT2D eigenvalue weighted by Gasteiger charge is -2.31. The quantitative estimate of drug-likeness (QED) is 0.626. The maximum absolute atomic E-state index is 11.3. The molecule has 2 rings (SSSR count). The van der Waals surface area contributed by atoms with E-state index in [0.717, 1.165) is 43.6 Å². The molecule has 1 aliphatic heterocycles. The molecule has 0 amide bonds. The second-order valence-corrected chi connectivity index (χ2v) is 5.48. The van der Waals surface area contributed by atoms with Crippen LogP contribution in [0.2, 0.25) is 0 Å². The Kier molecular flexibility index (Phi) is 4.49. The predicted octanol–water partition coefficient (Wildman–Crippen LogP) is 2.70. The monoisotopic (exact) mass is 276 g/mol. The summed E-state index contributed by atoms with van der Waals surface area (Å²) in [6, 6.07) is 5.23. The van der Waals surface area contributed by atoms with Gasteiger partial charge in [-0.3, -0.25) is 19.8 Å². The summed E-state index contributed by atoms with van der Waals surface area (Å²) in [7, 11) is 0. The summed E-state index contributed by atoms with van der Waals surface area (Å²) in [6.07, 6.45) is 1.78. The molecular formula is C15H20N2O3. The largest absolute Gasteiger partial charge is 0.300 e. The standard InChI is InChI=1S/C15H20N2O3/c1-11-14(4-3-5-15(11)17(19)20)10-16-8-6-13(7-9-16)12(2)18/h3-5,13H,6-10H2,1-2H3. The highest BCUT2D eigenvalue weighted by Crippen LogP contribution is 2.24. The third-order valence-corrected chi connectivity index (χ3v) is 4.17. The number of nitro groups is 1. The van der Waals surface area contributed by atoms with Crippen LogP contribution in [0, 0.1) is 23.0 Å². The highest BCUT2D eigenvalue weighted by molar-refractivity contribution is 5.78. The fraction of sp³-hybridized carbons (Fsp3) is 0.533. The molecule has 1 heterocycles. The van der Waals surface area contributed by atoms with Crippen LogP contribution < -0.4 is 0 Å². The topological polar surface area (TPSA) is 63.5 Å². The van der Waals surface area contributed by atoms with E-state index in [1.54, 1.807) is 26.0 Å². The molecule has 1 aromatic carbocycles. The summed E-state index contributed by atoms with van der Waals surface area (Å²) >= 11 is 0. The highest BCUT2D eigenvalue weighted by Gasteiger charge is 2.23. The van der Waals surface area contributed by atoms with Crippen LogP contribution in [0.15, 0.2) is 18.2 Å². The van der Waals surface area contributed by atoms with Crippen molar-refractivity contribution in [3.63, 3.8) is 0 Å². The van der Waals surface area contributed by atoms with Gasteiger partial charge in [-0.25, -0.2) is 0 Å². The maximum atomic E-state index is 11.3. The number of carbonyl (C=O) groups is 1. The molecule has 5 nitrogen and oxygen atoms in total. The van der Waals surface area contributed by atoms with Gasteiger partial charge < -0.3 is 0 Å². The Morgan fingerprint density at radius 2 is 2.05 bits per heavy atom. The lowest BCUT2D eigenvalue weighted by atomic mass is 9.93. The Hall–Kier alpha value is -1.75. The van der Waals surface area contributed by atoms with Crippen molar-refractivity contribution >= 4 is 11.5 Å². The van der Waals surface area contributed by atoms with Crippen LogP contribution in [0.25, 0.3) is 0 Å². The number of nitro benzene ring substituents is 1. The Bertz CT molecular complexity index is 520. The normalized spacial score (nSPS) is 17.1. The third kappa shape index (κ3) is 3.22. The molecule has 0 aliphatic carbocycles. The minimum Gasteiger partial charge on any atom is -0.300 e. The number of likely N-dealkylation sites (tertiary alicyclic amines) is 1. The zero-order valence-corrected chi connectivity index (χ0v) is 12.0. The molecule has 0 saturated carbocycles. The number of nitrogens with zero attached hydrogens (tertiary/aromatic N) is 2. The highest BCUT2D eigenvalue weighted by atomic mass is 16.6. The van der Waals surface area contributed by atoms with Crippen molar-refractivity contribution in [1.82, 2.24) is 4.90 Å². The lowest BCUT2D eigenvalue weighted by molar-refractivity contribution is -0.385. The number of carbonyl (C=O) groups excluding carboxylic acids is 1. The molecule has 1 saturated heterocycles.